The molecule has 1 N–H and O–H groups in total. The maximum absolute atomic E-state index is 13.3. The van der Waals surface area contributed by atoms with E-state index < -0.39 is 28.3 Å². The van der Waals surface area contributed by atoms with Crippen molar-refractivity contribution in [2.75, 3.05) is 23.7 Å². The zero-order chi connectivity index (χ0) is 16.9. The van der Waals surface area contributed by atoms with Crippen LogP contribution in [0.1, 0.15) is 0 Å². The number of anilines is 1. The fraction of sp³-hybridized carbons (Fsp3) is 0.286. The summed E-state index contributed by atoms with van der Waals surface area (Å²) in [5.74, 6) is -1.05. The number of benzene rings is 1. The third-order valence-electron chi connectivity index (χ3n) is 3.01. The lowest BCUT2D eigenvalue weighted by Crippen LogP contribution is -2.41. The second kappa shape index (κ2) is 7.23. The highest BCUT2D eigenvalue weighted by molar-refractivity contribution is 7.92. The predicted octanol–water partition coefficient (Wildman–Crippen LogP) is 0.605. The van der Waals surface area contributed by atoms with Crippen LogP contribution < -0.4 is 9.62 Å². The molecule has 0 aliphatic rings. The number of rotatable bonds is 7. The van der Waals surface area contributed by atoms with E-state index in [0.29, 0.717) is 13.1 Å². The van der Waals surface area contributed by atoms with E-state index in [-0.39, 0.29) is 5.69 Å². The molecule has 0 saturated carbocycles. The van der Waals surface area contributed by atoms with Crippen molar-refractivity contribution in [1.29, 1.82) is 0 Å². The van der Waals surface area contributed by atoms with Gasteiger partial charge in [-0.2, -0.15) is 5.10 Å². The van der Waals surface area contributed by atoms with E-state index in [1.165, 1.54) is 18.2 Å². The van der Waals surface area contributed by atoms with Crippen LogP contribution in [0.25, 0.3) is 0 Å². The molecule has 1 heterocycles. The van der Waals surface area contributed by atoms with E-state index >= 15 is 0 Å². The molecular weight excluding hydrogens is 323 g/mol. The van der Waals surface area contributed by atoms with Gasteiger partial charge in [0.05, 0.1) is 18.5 Å². The Morgan fingerprint density at radius 3 is 2.78 bits per heavy atom. The highest BCUT2D eigenvalue weighted by Crippen LogP contribution is 2.18. The Bertz CT molecular complexity index is 762. The highest BCUT2D eigenvalue weighted by Gasteiger charge is 2.21. The van der Waals surface area contributed by atoms with Crippen molar-refractivity contribution in [3.05, 3.63) is 48.5 Å². The standard InChI is InChI=1S/C14H17FN4O3S/c1-23(21,22)19(13-5-2-4-12(15)10-13)11-14(20)16-7-9-18-8-3-6-17-18/h2-6,8,10H,7,9,11H2,1H3,(H,16,20). The van der Waals surface area contributed by atoms with Gasteiger partial charge in [0, 0.05) is 18.9 Å². The first-order valence-corrected chi connectivity index (χ1v) is 8.68. The first-order chi connectivity index (χ1) is 10.9. The van der Waals surface area contributed by atoms with Gasteiger partial charge in [-0.3, -0.25) is 13.8 Å². The molecule has 1 amide bonds. The van der Waals surface area contributed by atoms with Gasteiger partial charge in [0.25, 0.3) is 0 Å². The number of aromatic nitrogens is 2. The first kappa shape index (κ1) is 16.9. The maximum Gasteiger partial charge on any atom is 0.240 e. The third-order valence-corrected chi connectivity index (χ3v) is 4.15. The van der Waals surface area contributed by atoms with Gasteiger partial charge in [-0.05, 0) is 24.3 Å². The summed E-state index contributed by atoms with van der Waals surface area (Å²) in [6.07, 6.45) is 4.34. The van der Waals surface area contributed by atoms with Gasteiger partial charge in [0.15, 0.2) is 0 Å². The zero-order valence-electron chi connectivity index (χ0n) is 12.5. The Labute approximate surface area is 133 Å². The summed E-state index contributed by atoms with van der Waals surface area (Å²) in [5.41, 5.74) is 0.106. The molecule has 0 fully saturated rings. The van der Waals surface area contributed by atoms with E-state index in [2.05, 4.69) is 10.4 Å². The number of carbonyl (C=O) groups is 1. The fourth-order valence-corrected chi connectivity index (χ4v) is 2.81. The van der Waals surface area contributed by atoms with E-state index in [9.17, 15) is 17.6 Å². The molecule has 9 heteroatoms. The number of amides is 1. The molecule has 1 aromatic carbocycles. The van der Waals surface area contributed by atoms with Crippen LogP contribution >= 0.6 is 0 Å². The molecule has 2 aromatic rings. The Kier molecular flexibility index (Phi) is 5.32. The predicted molar refractivity (Wildman–Crippen MR) is 83.8 cm³/mol. The molecule has 124 valence electrons. The second-order valence-corrected chi connectivity index (χ2v) is 6.78. The van der Waals surface area contributed by atoms with Crippen LogP contribution in [-0.4, -0.2) is 43.5 Å². The zero-order valence-corrected chi connectivity index (χ0v) is 13.3. The quantitative estimate of drug-likeness (QED) is 0.800. The maximum atomic E-state index is 13.3. The van der Waals surface area contributed by atoms with Crippen LogP contribution in [0.15, 0.2) is 42.7 Å². The molecule has 0 spiro atoms. The molecule has 7 nitrogen and oxygen atoms in total. The van der Waals surface area contributed by atoms with Gasteiger partial charge in [0.2, 0.25) is 15.9 Å². The van der Waals surface area contributed by atoms with Crippen LogP contribution in [0, 0.1) is 5.82 Å². The normalized spacial score (nSPS) is 11.2. The summed E-state index contributed by atoms with van der Waals surface area (Å²) < 4.78 is 39.5. The molecule has 2 rings (SSSR count). The second-order valence-electron chi connectivity index (χ2n) is 4.87. The number of sulfonamides is 1. The molecule has 0 bridgehead atoms. The van der Waals surface area contributed by atoms with Crippen LogP contribution in [0.5, 0.6) is 0 Å². The topological polar surface area (TPSA) is 84.3 Å². The number of halogens is 1. The number of nitrogens with zero attached hydrogens (tertiary/aromatic N) is 3. The van der Waals surface area contributed by atoms with Gasteiger partial charge in [0.1, 0.15) is 12.4 Å². The Hall–Kier alpha value is -2.42. The van der Waals surface area contributed by atoms with Crippen LogP contribution in [0.2, 0.25) is 0 Å². The van der Waals surface area contributed by atoms with Gasteiger partial charge >= 0.3 is 0 Å². The lowest BCUT2D eigenvalue weighted by atomic mass is 10.3. The lowest BCUT2D eigenvalue weighted by Gasteiger charge is -2.21. The number of nitrogens with one attached hydrogen (secondary N) is 1. The molecule has 23 heavy (non-hydrogen) atoms. The van der Waals surface area contributed by atoms with Gasteiger partial charge < -0.3 is 5.32 Å². The summed E-state index contributed by atoms with van der Waals surface area (Å²) in [4.78, 5) is 11.9. The SMILES string of the molecule is CS(=O)(=O)N(CC(=O)NCCn1cccn1)c1cccc(F)c1. The van der Waals surface area contributed by atoms with Crippen LogP contribution in [-0.2, 0) is 21.4 Å². The van der Waals surface area contributed by atoms with Gasteiger partial charge in [-0.25, -0.2) is 12.8 Å². The summed E-state index contributed by atoms with van der Waals surface area (Å²) in [6, 6.07) is 6.85. The van der Waals surface area contributed by atoms with Crippen molar-refractivity contribution in [2.45, 2.75) is 6.54 Å². The van der Waals surface area contributed by atoms with E-state index in [0.717, 1.165) is 16.6 Å². The van der Waals surface area contributed by atoms with Crippen molar-refractivity contribution >= 4 is 21.6 Å². The minimum Gasteiger partial charge on any atom is -0.353 e. The Morgan fingerprint density at radius 1 is 1.39 bits per heavy atom. The number of hydrogen-bond donors (Lipinski definition) is 1. The molecule has 0 saturated heterocycles. The van der Waals surface area contributed by atoms with Crippen LogP contribution in [0.4, 0.5) is 10.1 Å². The first-order valence-electron chi connectivity index (χ1n) is 6.83. The average Bonchev–Trinajstić information content (AvgIpc) is 2.97. The molecule has 1 aromatic heterocycles. The highest BCUT2D eigenvalue weighted by atomic mass is 32.2. The summed E-state index contributed by atoms with van der Waals surface area (Å²) >= 11 is 0. The summed E-state index contributed by atoms with van der Waals surface area (Å²) in [6.45, 7) is 0.361. The van der Waals surface area contributed by atoms with E-state index in [1.807, 2.05) is 0 Å². The number of carbonyl (C=O) groups excluding carboxylic acids is 1. The van der Waals surface area contributed by atoms with E-state index in [4.69, 9.17) is 0 Å². The van der Waals surface area contributed by atoms with Crippen molar-refractivity contribution in [3.63, 3.8) is 0 Å². The summed E-state index contributed by atoms with van der Waals surface area (Å²) in [7, 11) is -3.71. The van der Waals surface area contributed by atoms with Crippen molar-refractivity contribution < 1.29 is 17.6 Å². The molecule has 0 unspecified atom stereocenters. The van der Waals surface area contributed by atoms with E-state index in [1.54, 1.807) is 23.1 Å². The average molecular weight is 340 g/mol. The Balaban J connectivity index is 1.99. The molecule has 0 aliphatic heterocycles. The fourth-order valence-electron chi connectivity index (χ4n) is 1.96. The molecular formula is C14H17FN4O3S. The molecule has 0 aliphatic carbocycles. The van der Waals surface area contributed by atoms with Crippen molar-refractivity contribution in [2.24, 2.45) is 0 Å². The Morgan fingerprint density at radius 2 is 2.17 bits per heavy atom. The van der Waals surface area contributed by atoms with Crippen molar-refractivity contribution in [3.8, 4) is 0 Å². The summed E-state index contributed by atoms with van der Waals surface area (Å²) in [5, 5.41) is 6.60. The molecule has 0 atom stereocenters. The molecule has 0 radical (unpaired) electrons. The minimum absolute atomic E-state index is 0.106. The minimum atomic E-state index is -3.71. The largest absolute Gasteiger partial charge is 0.353 e. The smallest absolute Gasteiger partial charge is 0.240 e. The lowest BCUT2D eigenvalue weighted by molar-refractivity contribution is -0.119. The monoisotopic (exact) mass is 340 g/mol. The van der Waals surface area contributed by atoms with Crippen molar-refractivity contribution in [1.82, 2.24) is 15.1 Å². The third kappa shape index (κ3) is 5.06. The van der Waals surface area contributed by atoms with Gasteiger partial charge in [-0.1, -0.05) is 6.07 Å². The van der Waals surface area contributed by atoms with Gasteiger partial charge in [-0.15, -0.1) is 0 Å². The number of hydrogen-bond acceptors (Lipinski definition) is 4. The van der Waals surface area contributed by atoms with Crippen LogP contribution in [0.3, 0.4) is 0 Å².